The Morgan fingerprint density at radius 2 is 1.39 bits per heavy atom. The summed E-state index contributed by atoms with van der Waals surface area (Å²) < 4.78 is 27.3. The normalized spacial score (nSPS) is 15.8. The molecule has 0 aromatic heterocycles. The first kappa shape index (κ1) is 29.8. The molecule has 0 radical (unpaired) electrons. The molecule has 3 atom stereocenters. The fourth-order valence-electron chi connectivity index (χ4n) is 4.61. The average molecular weight is 579 g/mol. The predicted molar refractivity (Wildman–Crippen MR) is 158 cm³/mol. The van der Waals surface area contributed by atoms with E-state index in [1.807, 2.05) is 32.0 Å². The molecule has 0 fully saturated rings. The third-order valence-electron chi connectivity index (χ3n) is 6.91. The Bertz CT molecular complexity index is 1400. The van der Waals surface area contributed by atoms with Crippen molar-refractivity contribution in [2.45, 2.75) is 52.5 Å². The highest BCUT2D eigenvalue weighted by atomic mass is 31.2. The highest BCUT2D eigenvalue weighted by Gasteiger charge is 2.51. The molecule has 11 heteroatoms. The molecule has 1 unspecified atom stereocenters. The van der Waals surface area contributed by atoms with Gasteiger partial charge in [-0.2, -0.15) is 0 Å². The Labute approximate surface area is 239 Å². The summed E-state index contributed by atoms with van der Waals surface area (Å²) in [7, 11) is -4.24. The van der Waals surface area contributed by atoms with Gasteiger partial charge in [0.2, 0.25) is 17.7 Å². The fourth-order valence-corrected chi connectivity index (χ4v) is 6.81. The zero-order valence-electron chi connectivity index (χ0n) is 23.5. The molecule has 1 heterocycles. The van der Waals surface area contributed by atoms with Gasteiger partial charge in [-0.15, -0.1) is 0 Å². The number of nitrogens with one attached hydrogen (secondary N) is 2. The van der Waals surface area contributed by atoms with E-state index in [0.717, 1.165) is 5.56 Å². The number of benzene rings is 3. The maximum Gasteiger partial charge on any atom is 0.457 e. The van der Waals surface area contributed by atoms with E-state index in [1.165, 1.54) is 18.7 Å². The van der Waals surface area contributed by atoms with E-state index in [2.05, 4.69) is 10.6 Å². The molecule has 3 amide bonds. The Kier molecular flexibility index (Phi) is 9.15. The van der Waals surface area contributed by atoms with E-state index in [4.69, 9.17) is 14.8 Å². The largest absolute Gasteiger partial charge is 0.457 e. The van der Waals surface area contributed by atoms with Crippen LogP contribution in [0.2, 0.25) is 0 Å². The Morgan fingerprint density at radius 3 is 1.85 bits per heavy atom. The summed E-state index contributed by atoms with van der Waals surface area (Å²) in [5, 5.41) is 5.36. The van der Waals surface area contributed by atoms with Gasteiger partial charge in [0.1, 0.15) is 11.5 Å². The Morgan fingerprint density at radius 1 is 0.902 bits per heavy atom. The number of anilines is 2. The summed E-state index contributed by atoms with van der Waals surface area (Å²) in [5.41, 5.74) is 8.92. The minimum absolute atomic E-state index is 0.101. The van der Waals surface area contributed by atoms with Crippen molar-refractivity contribution in [1.29, 1.82) is 0 Å². The van der Waals surface area contributed by atoms with Crippen molar-refractivity contribution in [2.75, 3.05) is 10.6 Å². The van der Waals surface area contributed by atoms with E-state index in [-0.39, 0.29) is 41.7 Å². The number of nitrogens with zero attached hydrogens (tertiary/aromatic N) is 1. The molecule has 41 heavy (non-hydrogen) atoms. The van der Waals surface area contributed by atoms with Gasteiger partial charge in [-0.1, -0.05) is 44.5 Å². The minimum atomic E-state index is -4.24. The lowest BCUT2D eigenvalue weighted by Crippen LogP contribution is -2.46. The SMILES string of the molecule is CC[C@@H](C)[C@H](N)C(=O)N1Cc2ccccc2C1P(=O)(Oc1ccc(NC(C)=O)cc1)Oc1ccc(NC(C)=O)cc1. The quantitative estimate of drug-likeness (QED) is 0.263. The van der Waals surface area contributed by atoms with Crippen LogP contribution in [0.4, 0.5) is 11.4 Å². The summed E-state index contributed by atoms with van der Waals surface area (Å²) in [5.74, 6) is -1.55. The average Bonchev–Trinajstić information content (AvgIpc) is 3.34. The first-order valence-corrected chi connectivity index (χ1v) is 15.0. The first-order valence-electron chi connectivity index (χ1n) is 13.4. The molecular weight excluding hydrogens is 543 g/mol. The second-order valence-corrected chi connectivity index (χ2v) is 12.0. The van der Waals surface area contributed by atoms with Crippen molar-refractivity contribution in [2.24, 2.45) is 11.7 Å². The van der Waals surface area contributed by atoms with Gasteiger partial charge in [-0.3, -0.25) is 14.4 Å². The van der Waals surface area contributed by atoms with Crippen molar-refractivity contribution in [3.63, 3.8) is 0 Å². The molecule has 4 N–H and O–H groups in total. The maximum atomic E-state index is 15.0. The molecule has 0 spiro atoms. The summed E-state index contributed by atoms with van der Waals surface area (Å²) in [6.45, 7) is 6.86. The molecule has 0 saturated heterocycles. The van der Waals surface area contributed by atoms with E-state index >= 15 is 4.57 Å². The van der Waals surface area contributed by atoms with Crippen LogP contribution in [0.25, 0.3) is 0 Å². The van der Waals surface area contributed by atoms with Crippen LogP contribution in [0, 0.1) is 5.92 Å². The molecule has 10 nitrogen and oxygen atoms in total. The van der Waals surface area contributed by atoms with Crippen molar-refractivity contribution >= 4 is 36.7 Å². The van der Waals surface area contributed by atoms with Gasteiger partial charge in [0.15, 0.2) is 5.78 Å². The molecule has 3 aromatic rings. The second kappa shape index (κ2) is 12.6. The number of carbonyl (C=O) groups excluding carboxylic acids is 3. The highest BCUT2D eigenvalue weighted by molar-refractivity contribution is 7.55. The molecule has 0 bridgehead atoms. The molecule has 3 aromatic carbocycles. The second-order valence-electron chi connectivity index (χ2n) is 10.1. The van der Waals surface area contributed by atoms with Gasteiger partial charge in [0.05, 0.1) is 6.04 Å². The predicted octanol–water partition coefficient (Wildman–Crippen LogP) is 5.67. The van der Waals surface area contributed by atoms with Gasteiger partial charge >= 0.3 is 7.60 Å². The van der Waals surface area contributed by atoms with Crippen molar-refractivity contribution in [3.05, 3.63) is 83.9 Å². The molecule has 0 aliphatic carbocycles. The number of hydrogen-bond donors (Lipinski definition) is 3. The Hall–Kier alpha value is -4.14. The van der Waals surface area contributed by atoms with Crippen molar-refractivity contribution in [3.8, 4) is 11.5 Å². The number of carbonyl (C=O) groups is 3. The highest BCUT2D eigenvalue weighted by Crippen LogP contribution is 2.64. The number of fused-ring (bicyclic) bond motifs is 1. The topological polar surface area (TPSA) is 140 Å². The van der Waals surface area contributed by atoms with Crippen LogP contribution < -0.4 is 25.4 Å². The van der Waals surface area contributed by atoms with Crippen molar-refractivity contribution < 1.29 is 28.0 Å². The third-order valence-corrected chi connectivity index (χ3v) is 9.00. The summed E-state index contributed by atoms with van der Waals surface area (Å²) >= 11 is 0. The Balaban J connectivity index is 1.77. The van der Waals surface area contributed by atoms with Crippen LogP contribution in [-0.4, -0.2) is 28.7 Å². The third kappa shape index (κ3) is 6.96. The van der Waals surface area contributed by atoms with Gasteiger partial charge in [-0.25, -0.2) is 4.57 Å². The lowest BCUT2D eigenvalue weighted by Gasteiger charge is -2.33. The fraction of sp³-hybridized carbons (Fsp3) is 0.300. The van der Waals surface area contributed by atoms with Gasteiger partial charge in [-0.05, 0) is 65.6 Å². The zero-order valence-corrected chi connectivity index (χ0v) is 24.4. The lowest BCUT2D eigenvalue weighted by atomic mass is 9.99. The van der Waals surface area contributed by atoms with Crippen LogP contribution >= 0.6 is 7.60 Å². The van der Waals surface area contributed by atoms with Crippen LogP contribution in [0.3, 0.4) is 0 Å². The number of hydrogen-bond acceptors (Lipinski definition) is 7. The van der Waals surface area contributed by atoms with Gasteiger partial charge < -0.3 is 30.3 Å². The monoisotopic (exact) mass is 578 g/mol. The van der Waals surface area contributed by atoms with Crippen LogP contribution in [-0.2, 0) is 25.5 Å². The molecular formula is C30H35N4O6P. The standard InChI is InChI=1S/C30H35N4O6P/c1-5-19(2)28(31)29(37)34-18-22-8-6-7-9-27(22)30(34)41(38,39-25-14-10-23(11-15-25)32-20(3)35)40-26-16-12-24(13-17-26)33-21(4)36/h6-17,19,28,30H,5,18,31H2,1-4H3,(H,32,35)(H,33,36)/t19-,28+,30?/m1/s1. The first-order chi connectivity index (χ1) is 19.5. The zero-order chi connectivity index (χ0) is 29.7. The summed E-state index contributed by atoms with van der Waals surface area (Å²) in [6, 6.07) is 19.3. The molecule has 4 rings (SSSR count). The van der Waals surface area contributed by atoms with E-state index in [0.29, 0.717) is 23.4 Å². The number of amides is 3. The molecule has 216 valence electrons. The molecule has 1 aliphatic rings. The molecule has 0 saturated carbocycles. The van der Waals surface area contributed by atoms with E-state index in [1.54, 1.807) is 54.6 Å². The van der Waals surface area contributed by atoms with Crippen molar-refractivity contribution in [1.82, 2.24) is 4.90 Å². The maximum absolute atomic E-state index is 15.0. The van der Waals surface area contributed by atoms with Gasteiger partial charge in [0.25, 0.3) is 0 Å². The minimum Gasteiger partial charge on any atom is -0.414 e. The van der Waals surface area contributed by atoms with E-state index in [9.17, 15) is 14.4 Å². The van der Waals surface area contributed by atoms with Crippen LogP contribution in [0.1, 0.15) is 51.0 Å². The van der Waals surface area contributed by atoms with Crippen LogP contribution in [0.15, 0.2) is 72.8 Å². The smallest absolute Gasteiger partial charge is 0.414 e. The number of rotatable bonds is 10. The van der Waals surface area contributed by atoms with E-state index < -0.39 is 19.4 Å². The van der Waals surface area contributed by atoms with Gasteiger partial charge in [0, 0.05) is 31.8 Å². The lowest BCUT2D eigenvalue weighted by molar-refractivity contribution is -0.135. The molecule has 1 aliphatic heterocycles. The van der Waals surface area contributed by atoms with Crippen LogP contribution in [0.5, 0.6) is 11.5 Å². The number of nitrogens with two attached hydrogens (primary N) is 1. The summed E-state index contributed by atoms with van der Waals surface area (Å²) in [6.07, 6.45) is 0.699. The summed E-state index contributed by atoms with van der Waals surface area (Å²) in [4.78, 5) is 38.1.